The van der Waals surface area contributed by atoms with Gasteiger partial charge in [-0.25, -0.2) is 9.97 Å². The van der Waals surface area contributed by atoms with Gasteiger partial charge in [-0.2, -0.15) is 5.10 Å². The van der Waals surface area contributed by atoms with Crippen molar-refractivity contribution in [2.75, 3.05) is 23.7 Å². The molecule has 0 aliphatic heterocycles. The van der Waals surface area contributed by atoms with Crippen molar-refractivity contribution >= 4 is 34.8 Å². The lowest BCUT2D eigenvalue weighted by atomic mass is 10.2. The highest BCUT2D eigenvalue weighted by atomic mass is 35.5. The fourth-order valence-electron chi connectivity index (χ4n) is 2.32. The van der Waals surface area contributed by atoms with E-state index in [9.17, 15) is 0 Å². The summed E-state index contributed by atoms with van der Waals surface area (Å²) in [5.74, 6) is 2.25. The zero-order valence-corrected chi connectivity index (χ0v) is 15.4. The van der Waals surface area contributed by atoms with E-state index in [1.165, 1.54) is 0 Å². The van der Waals surface area contributed by atoms with E-state index in [-0.39, 0.29) is 0 Å². The Morgan fingerprint density at radius 1 is 1.04 bits per heavy atom. The zero-order valence-electron chi connectivity index (χ0n) is 13.9. The van der Waals surface area contributed by atoms with Crippen LogP contribution in [0.2, 0.25) is 10.0 Å². The standard InChI is InChI=1S/C17H18Cl2N6/c1-10-11(2)23-17(13-4-3-12(18)9-14(13)19)24-16(10)21-8-7-20-15-5-6-22-25-15/h3-6,9H,7-8H2,1-2H3,(H2,20,22,25)(H,21,23,24). The number of nitrogens with zero attached hydrogens (tertiary/aromatic N) is 3. The fraction of sp³-hybridized carbons (Fsp3) is 0.235. The molecular weight excluding hydrogens is 359 g/mol. The number of hydrogen-bond acceptors (Lipinski definition) is 5. The summed E-state index contributed by atoms with van der Waals surface area (Å²) >= 11 is 12.3. The van der Waals surface area contributed by atoms with Crippen molar-refractivity contribution in [2.24, 2.45) is 0 Å². The van der Waals surface area contributed by atoms with Crippen LogP contribution in [0, 0.1) is 13.8 Å². The fourth-order valence-corrected chi connectivity index (χ4v) is 2.82. The van der Waals surface area contributed by atoms with Crippen LogP contribution in [0.5, 0.6) is 0 Å². The van der Waals surface area contributed by atoms with Crippen molar-refractivity contribution in [3.05, 3.63) is 51.8 Å². The number of nitrogens with one attached hydrogen (secondary N) is 3. The summed E-state index contributed by atoms with van der Waals surface area (Å²) in [6.45, 7) is 5.37. The van der Waals surface area contributed by atoms with Crippen molar-refractivity contribution in [1.82, 2.24) is 20.2 Å². The van der Waals surface area contributed by atoms with E-state index in [1.807, 2.05) is 26.0 Å². The van der Waals surface area contributed by atoms with Gasteiger partial charge in [0.2, 0.25) is 0 Å². The van der Waals surface area contributed by atoms with Crippen molar-refractivity contribution in [3.63, 3.8) is 0 Å². The van der Waals surface area contributed by atoms with Gasteiger partial charge in [0.05, 0.1) is 11.2 Å². The van der Waals surface area contributed by atoms with E-state index in [2.05, 4.69) is 30.8 Å². The van der Waals surface area contributed by atoms with E-state index in [0.717, 1.165) is 35.0 Å². The Hall–Kier alpha value is -2.31. The van der Waals surface area contributed by atoms with Crippen molar-refractivity contribution in [2.45, 2.75) is 13.8 Å². The largest absolute Gasteiger partial charge is 0.369 e. The Morgan fingerprint density at radius 2 is 1.84 bits per heavy atom. The molecule has 0 atom stereocenters. The van der Waals surface area contributed by atoms with Crippen LogP contribution in [0.3, 0.4) is 0 Å². The smallest absolute Gasteiger partial charge is 0.163 e. The van der Waals surface area contributed by atoms with Crippen LogP contribution >= 0.6 is 23.2 Å². The van der Waals surface area contributed by atoms with Gasteiger partial charge in [-0.15, -0.1) is 0 Å². The highest BCUT2D eigenvalue weighted by molar-refractivity contribution is 6.36. The Labute approximate surface area is 156 Å². The minimum atomic E-state index is 0.530. The number of hydrogen-bond donors (Lipinski definition) is 3. The van der Waals surface area contributed by atoms with Gasteiger partial charge in [-0.05, 0) is 38.1 Å². The Bertz CT molecular complexity index is 864. The summed E-state index contributed by atoms with van der Waals surface area (Å²) in [4.78, 5) is 9.19. The van der Waals surface area contributed by atoms with Gasteiger partial charge in [-0.1, -0.05) is 23.2 Å². The van der Waals surface area contributed by atoms with E-state index in [4.69, 9.17) is 23.2 Å². The molecule has 0 unspecified atom stereocenters. The molecule has 0 amide bonds. The Morgan fingerprint density at radius 3 is 2.56 bits per heavy atom. The van der Waals surface area contributed by atoms with E-state index in [1.54, 1.807) is 18.3 Å². The summed E-state index contributed by atoms with van der Waals surface area (Å²) < 4.78 is 0. The van der Waals surface area contributed by atoms with Crippen LogP contribution in [0.15, 0.2) is 30.5 Å². The molecule has 8 heteroatoms. The lowest BCUT2D eigenvalue weighted by molar-refractivity contribution is 1.00. The van der Waals surface area contributed by atoms with Crippen LogP contribution in [0.1, 0.15) is 11.3 Å². The minimum absolute atomic E-state index is 0.530. The lowest BCUT2D eigenvalue weighted by Gasteiger charge is -2.13. The van der Waals surface area contributed by atoms with Gasteiger partial charge < -0.3 is 10.6 Å². The van der Waals surface area contributed by atoms with E-state index >= 15 is 0 Å². The number of aromatic amines is 1. The van der Waals surface area contributed by atoms with E-state index in [0.29, 0.717) is 22.4 Å². The molecule has 0 aliphatic carbocycles. The SMILES string of the molecule is Cc1nc(-c2ccc(Cl)cc2Cl)nc(NCCNc2ccn[nH]2)c1C. The van der Waals surface area contributed by atoms with Crippen LogP contribution in [-0.2, 0) is 0 Å². The van der Waals surface area contributed by atoms with Gasteiger partial charge in [0.15, 0.2) is 5.82 Å². The van der Waals surface area contributed by atoms with Crippen molar-refractivity contribution in [3.8, 4) is 11.4 Å². The molecule has 0 radical (unpaired) electrons. The van der Waals surface area contributed by atoms with Gasteiger partial charge in [-0.3, -0.25) is 5.10 Å². The first-order valence-electron chi connectivity index (χ1n) is 7.82. The quantitative estimate of drug-likeness (QED) is 0.558. The first kappa shape index (κ1) is 17.5. The molecule has 0 saturated carbocycles. The summed E-state index contributed by atoms with van der Waals surface area (Å²) in [5, 5.41) is 14.4. The molecule has 3 N–H and O–H groups in total. The van der Waals surface area contributed by atoms with Crippen LogP contribution < -0.4 is 10.6 Å². The number of anilines is 2. The molecule has 0 fully saturated rings. The minimum Gasteiger partial charge on any atom is -0.369 e. The van der Waals surface area contributed by atoms with Crippen molar-refractivity contribution in [1.29, 1.82) is 0 Å². The topological polar surface area (TPSA) is 78.5 Å². The summed E-state index contributed by atoms with van der Waals surface area (Å²) in [6.07, 6.45) is 1.70. The number of aryl methyl sites for hydroxylation is 1. The summed E-state index contributed by atoms with van der Waals surface area (Å²) in [6, 6.07) is 7.18. The Kier molecular flexibility index (Phi) is 5.40. The van der Waals surface area contributed by atoms with Gasteiger partial charge in [0.25, 0.3) is 0 Å². The number of halogens is 2. The molecule has 1 aromatic carbocycles. The maximum atomic E-state index is 6.29. The number of benzene rings is 1. The number of H-pyrrole nitrogens is 1. The third-order valence-corrected chi connectivity index (χ3v) is 4.34. The predicted octanol–water partition coefficient (Wildman–Crippen LogP) is 4.31. The van der Waals surface area contributed by atoms with Crippen molar-refractivity contribution < 1.29 is 0 Å². The average molecular weight is 377 g/mol. The predicted molar refractivity (Wildman–Crippen MR) is 103 cm³/mol. The molecule has 3 aromatic rings. The second-order valence-electron chi connectivity index (χ2n) is 5.55. The zero-order chi connectivity index (χ0) is 17.8. The first-order chi connectivity index (χ1) is 12.0. The number of aromatic nitrogens is 4. The van der Waals surface area contributed by atoms with Crippen LogP contribution in [0.4, 0.5) is 11.6 Å². The molecule has 0 bridgehead atoms. The lowest BCUT2D eigenvalue weighted by Crippen LogP contribution is -2.16. The average Bonchev–Trinajstić information content (AvgIpc) is 3.08. The summed E-state index contributed by atoms with van der Waals surface area (Å²) in [5.41, 5.74) is 2.67. The van der Waals surface area contributed by atoms with Crippen LogP contribution in [0.25, 0.3) is 11.4 Å². The molecule has 2 aromatic heterocycles. The molecule has 25 heavy (non-hydrogen) atoms. The molecule has 0 aliphatic rings. The Balaban J connectivity index is 1.76. The van der Waals surface area contributed by atoms with Gasteiger partial charge in [0.1, 0.15) is 11.6 Å². The molecule has 0 spiro atoms. The molecule has 130 valence electrons. The molecule has 0 saturated heterocycles. The second kappa shape index (κ2) is 7.72. The van der Waals surface area contributed by atoms with Gasteiger partial charge in [0, 0.05) is 34.9 Å². The highest BCUT2D eigenvalue weighted by Crippen LogP contribution is 2.29. The second-order valence-corrected chi connectivity index (χ2v) is 6.40. The molecule has 6 nitrogen and oxygen atoms in total. The monoisotopic (exact) mass is 376 g/mol. The third kappa shape index (κ3) is 4.21. The highest BCUT2D eigenvalue weighted by Gasteiger charge is 2.12. The van der Waals surface area contributed by atoms with Crippen LogP contribution in [-0.4, -0.2) is 33.3 Å². The molecule has 3 rings (SSSR count). The third-order valence-electron chi connectivity index (χ3n) is 3.79. The first-order valence-corrected chi connectivity index (χ1v) is 8.58. The van der Waals surface area contributed by atoms with Gasteiger partial charge >= 0.3 is 0 Å². The molecular formula is C17H18Cl2N6. The summed E-state index contributed by atoms with van der Waals surface area (Å²) in [7, 11) is 0. The number of rotatable bonds is 6. The molecule has 2 heterocycles. The maximum Gasteiger partial charge on any atom is 0.163 e. The normalized spacial score (nSPS) is 10.7. The maximum absolute atomic E-state index is 6.29. The van der Waals surface area contributed by atoms with E-state index < -0.39 is 0 Å².